The van der Waals surface area contributed by atoms with Gasteiger partial charge >= 0.3 is 6.61 Å². The third-order valence-corrected chi connectivity index (χ3v) is 7.73. The molecular formula is C26H22F5N5O4S. The lowest BCUT2D eigenvalue weighted by molar-refractivity contribution is -0.0532. The number of pyridine rings is 2. The van der Waals surface area contributed by atoms with Crippen molar-refractivity contribution in [2.45, 2.75) is 49.5 Å². The minimum Gasteiger partial charge on any atom is -0.415 e. The second-order valence-corrected chi connectivity index (χ2v) is 11.5. The molecular weight excluding hydrogens is 573 g/mol. The number of aromatic nitrogens is 4. The lowest BCUT2D eigenvalue weighted by Crippen LogP contribution is -2.28. The summed E-state index contributed by atoms with van der Waals surface area (Å²) in [5.74, 6) is -1.06. The van der Waals surface area contributed by atoms with Crippen LogP contribution in [0.15, 0.2) is 53.7 Å². The molecule has 0 bridgehead atoms. The van der Waals surface area contributed by atoms with Crippen molar-refractivity contribution >= 4 is 26.6 Å². The first-order valence-electron chi connectivity index (χ1n) is 12.2. The number of halogens is 5. The number of hydrogen-bond donors (Lipinski definition) is 1. The van der Waals surface area contributed by atoms with Gasteiger partial charge in [-0.15, -0.1) is 5.10 Å². The minimum absolute atomic E-state index is 0.116. The smallest absolute Gasteiger partial charge is 0.388 e. The Kier molecular flexibility index (Phi) is 7.64. The van der Waals surface area contributed by atoms with Gasteiger partial charge in [-0.1, -0.05) is 6.07 Å². The maximum Gasteiger partial charge on any atom is 0.388 e. The fraction of sp³-hybridized carbons (Fsp3) is 0.308. The Hall–Kier alpha value is -4.14. The summed E-state index contributed by atoms with van der Waals surface area (Å²) < 4.78 is 95.8. The number of benzene rings is 1. The Balaban J connectivity index is 1.38. The number of sulfone groups is 1. The molecule has 0 aliphatic heterocycles. The Morgan fingerprint density at radius 2 is 1.90 bits per heavy atom. The molecule has 216 valence electrons. The van der Waals surface area contributed by atoms with Crippen LogP contribution in [0.1, 0.15) is 46.9 Å². The van der Waals surface area contributed by atoms with Gasteiger partial charge < -0.3 is 10.1 Å². The molecule has 1 N–H and O–H groups in total. The van der Waals surface area contributed by atoms with Crippen molar-refractivity contribution in [1.29, 1.82) is 0 Å². The van der Waals surface area contributed by atoms with Crippen molar-refractivity contribution in [3.63, 3.8) is 0 Å². The summed E-state index contributed by atoms with van der Waals surface area (Å²) in [5.41, 5.74) is 0.385. The molecule has 4 aromatic rings. The van der Waals surface area contributed by atoms with E-state index in [9.17, 15) is 35.2 Å². The van der Waals surface area contributed by atoms with Gasteiger partial charge in [-0.3, -0.25) is 14.5 Å². The SMILES string of the molecule is CS(=O)(=O)c1cc(C(=O)NCc2cc3nc(-c4cn(C5CC(F)C5)nc4OC(F)F)ccc3cn2)ccc1C(F)F. The molecule has 3 heterocycles. The molecule has 1 fully saturated rings. The number of ether oxygens (including phenoxy) is 1. The number of alkyl halides is 5. The summed E-state index contributed by atoms with van der Waals surface area (Å²) in [7, 11) is -4.02. The third-order valence-electron chi connectivity index (χ3n) is 6.58. The molecule has 9 nitrogen and oxygen atoms in total. The van der Waals surface area contributed by atoms with E-state index >= 15 is 0 Å². The number of carbonyl (C=O) groups is 1. The van der Waals surface area contributed by atoms with E-state index in [2.05, 4.69) is 25.1 Å². The van der Waals surface area contributed by atoms with E-state index in [-0.39, 0.29) is 48.1 Å². The number of rotatable bonds is 9. The van der Waals surface area contributed by atoms with E-state index < -0.39 is 45.4 Å². The Labute approximate surface area is 230 Å². The van der Waals surface area contributed by atoms with Gasteiger partial charge in [0.15, 0.2) is 9.84 Å². The van der Waals surface area contributed by atoms with Crippen molar-refractivity contribution < 1.29 is 39.9 Å². The number of hydrogen-bond acceptors (Lipinski definition) is 7. The van der Waals surface area contributed by atoms with Crippen LogP contribution >= 0.6 is 0 Å². The third kappa shape index (κ3) is 6.14. The van der Waals surface area contributed by atoms with Gasteiger partial charge in [0.2, 0.25) is 5.88 Å². The van der Waals surface area contributed by atoms with Gasteiger partial charge in [-0.2, -0.15) is 8.78 Å². The number of nitrogens with one attached hydrogen (secondary N) is 1. The van der Waals surface area contributed by atoms with Gasteiger partial charge in [-0.05, 0) is 30.3 Å². The van der Waals surface area contributed by atoms with Crippen molar-refractivity contribution in [1.82, 2.24) is 25.1 Å². The molecule has 3 aromatic heterocycles. The zero-order chi connectivity index (χ0) is 29.5. The van der Waals surface area contributed by atoms with E-state index in [1.54, 1.807) is 18.2 Å². The maximum absolute atomic E-state index is 13.3. The van der Waals surface area contributed by atoms with Crippen LogP contribution in [0.2, 0.25) is 0 Å². The van der Waals surface area contributed by atoms with Crippen molar-refractivity contribution in [3.05, 3.63) is 65.6 Å². The van der Waals surface area contributed by atoms with Crippen molar-refractivity contribution in [2.24, 2.45) is 0 Å². The zero-order valence-corrected chi connectivity index (χ0v) is 22.1. The molecule has 1 aliphatic rings. The maximum atomic E-state index is 13.3. The molecule has 0 spiro atoms. The van der Waals surface area contributed by atoms with Crippen LogP contribution in [0.3, 0.4) is 0 Å². The fourth-order valence-electron chi connectivity index (χ4n) is 4.40. The van der Waals surface area contributed by atoms with E-state index in [0.717, 1.165) is 24.5 Å². The summed E-state index contributed by atoms with van der Waals surface area (Å²) >= 11 is 0. The first-order chi connectivity index (χ1) is 19.4. The largest absolute Gasteiger partial charge is 0.415 e. The Morgan fingerprint density at radius 3 is 2.56 bits per heavy atom. The van der Waals surface area contributed by atoms with Crippen LogP contribution in [0.4, 0.5) is 22.0 Å². The van der Waals surface area contributed by atoms with Gasteiger partial charge in [0, 0.05) is 48.0 Å². The topological polar surface area (TPSA) is 116 Å². The molecule has 1 saturated carbocycles. The highest BCUT2D eigenvalue weighted by Gasteiger charge is 2.32. The molecule has 0 unspecified atom stereocenters. The molecule has 0 atom stereocenters. The van der Waals surface area contributed by atoms with Crippen LogP contribution in [0, 0.1) is 0 Å². The van der Waals surface area contributed by atoms with E-state index in [1.165, 1.54) is 17.1 Å². The van der Waals surface area contributed by atoms with Gasteiger partial charge in [0.05, 0.1) is 40.0 Å². The first kappa shape index (κ1) is 28.4. The number of amides is 1. The molecule has 15 heteroatoms. The van der Waals surface area contributed by atoms with Gasteiger partial charge in [-0.25, -0.2) is 26.6 Å². The normalized spacial score (nSPS) is 17.2. The monoisotopic (exact) mass is 595 g/mol. The van der Waals surface area contributed by atoms with Crippen LogP contribution in [0.25, 0.3) is 22.2 Å². The average molecular weight is 596 g/mol. The highest BCUT2D eigenvalue weighted by atomic mass is 32.2. The summed E-state index contributed by atoms with van der Waals surface area (Å²) in [4.78, 5) is 20.8. The summed E-state index contributed by atoms with van der Waals surface area (Å²) in [6.45, 7) is -3.25. The van der Waals surface area contributed by atoms with Crippen LogP contribution in [-0.2, 0) is 16.4 Å². The summed E-state index contributed by atoms with van der Waals surface area (Å²) in [6, 6.07) is 7.40. The molecule has 1 aliphatic carbocycles. The van der Waals surface area contributed by atoms with E-state index in [4.69, 9.17) is 0 Å². The second-order valence-electron chi connectivity index (χ2n) is 9.50. The van der Waals surface area contributed by atoms with Gasteiger partial charge in [0.25, 0.3) is 12.3 Å². The molecule has 0 radical (unpaired) electrons. The van der Waals surface area contributed by atoms with E-state index in [1.807, 2.05) is 0 Å². The Morgan fingerprint density at radius 1 is 1.15 bits per heavy atom. The highest BCUT2D eigenvalue weighted by molar-refractivity contribution is 7.90. The van der Waals surface area contributed by atoms with Crippen molar-refractivity contribution in [3.8, 4) is 17.1 Å². The lowest BCUT2D eigenvalue weighted by atomic mass is 9.91. The minimum atomic E-state index is -4.02. The predicted octanol–water partition coefficient (Wildman–Crippen LogP) is 5.04. The lowest BCUT2D eigenvalue weighted by Gasteiger charge is -2.29. The van der Waals surface area contributed by atoms with E-state index in [0.29, 0.717) is 16.6 Å². The molecule has 41 heavy (non-hydrogen) atoms. The van der Waals surface area contributed by atoms with Crippen LogP contribution in [0.5, 0.6) is 5.88 Å². The number of nitrogens with zero attached hydrogens (tertiary/aromatic N) is 4. The predicted molar refractivity (Wildman–Crippen MR) is 136 cm³/mol. The Bertz CT molecular complexity index is 1720. The number of fused-ring (bicyclic) bond motifs is 1. The molecule has 0 saturated heterocycles. The fourth-order valence-corrected chi connectivity index (χ4v) is 5.33. The zero-order valence-electron chi connectivity index (χ0n) is 21.3. The van der Waals surface area contributed by atoms with Crippen LogP contribution in [-0.4, -0.2) is 53.1 Å². The first-order valence-corrected chi connectivity index (χ1v) is 14.1. The second kappa shape index (κ2) is 11.0. The quantitative estimate of drug-likeness (QED) is 0.270. The molecule has 5 rings (SSSR count). The number of carbonyl (C=O) groups excluding carboxylic acids is 1. The standard InChI is InChI=1S/C26H22F5N5O4S/c1-41(38,39)22-6-13(2-4-18(22)23(28)29)24(37)33-11-16-9-21-14(10-32-16)3-5-20(34-21)19-12-36(17-7-15(27)8-17)35-25(19)40-26(30)31/h2-6,9-10,12,15,17,23,26H,7-8,11H2,1H3,(H,33,37). The molecule has 1 aromatic carbocycles. The van der Waals surface area contributed by atoms with Gasteiger partial charge in [0.1, 0.15) is 6.17 Å². The average Bonchev–Trinajstić information content (AvgIpc) is 3.30. The molecule has 1 amide bonds. The highest BCUT2D eigenvalue weighted by Crippen LogP contribution is 2.38. The summed E-state index contributed by atoms with van der Waals surface area (Å²) in [6.07, 6.45) is 0.161. The van der Waals surface area contributed by atoms with Crippen molar-refractivity contribution in [2.75, 3.05) is 6.26 Å². The van der Waals surface area contributed by atoms with Crippen LogP contribution < -0.4 is 10.1 Å². The summed E-state index contributed by atoms with van der Waals surface area (Å²) in [5, 5.41) is 7.22.